The first-order chi connectivity index (χ1) is 9.54. The topological polar surface area (TPSA) is 58.4 Å². The molecule has 1 saturated heterocycles. The molecule has 20 heavy (non-hydrogen) atoms. The van der Waals surface area contributed by atoms with Crippen LogP contribution in [0.15, 0.2) is 18.2 Å². The molecule has 3 N–H and O–H groups in total. The largest absolute Gasteiger partial charge is 0.389 e. The number of benzene rings is 1. The molecular weight excluding hydrogens is 270 g/mol. The van der Waals surface area contributed by atoms with Crippen molar-refractivity contribution < 1.29 is 4.79 Å². The average Bonchev–Trinajstić information content (AvgIpc) is 2.46. The third-order valence-electron chi connectivity index (χ3n) is 3.86. The van der Waals surface area contributed by atoms with Gasteiger partial charge < -0.3 is 16.0 Å². The molecule has 4 nitrogen and oxygen atoms in total. The number of nitrogens with two attached hydrogens (primary N) is 1. The van der Waals surface area contributed by atoms with Crippen molar-refractivity contribution in [3.8, 4) is 0 Å². The molecule has 1 heterocycles. The monoisotopic (exact) mass is 291 g/mol. The third-order valence-corrected chi connectivity index (χ3v) is 4.08. The van der Waals surface area contributed by atoms with Crippen LogP contribution in [0.2, 0.25) is 0 Å². The second-order valence-corrected chi connectivity index (χ2v) is 5.62. The molecule has 0 spiro atoms. The number of nitrogens with one attached hydrogen (secondary N) is 1. The van der Waals surface area contributed by atoms with Gasteiger partial charge in [-0.15, -0.1) is 0 Å². The molecule has 1 fully saturated rings. The van der Waals surface area contributed by atoms with E-state index in [1.165, 1.54) is 0 Å². The summed E-state index contributed by atoms with van der Waals surface area (Å²) in [6, 6.07) is 5.94. The molecule has 5 heteroatoms. The fourth-order valence-electron chi connectivity index (χ4n) is 2.78. The fraction of sp³-hybridized carbons (Fsp3) is 0.467. The van der Waals surface area contributed by atoms with Gasteiger partial charge in [0.05, 0.1) is 0 Å². The predicted octanol–water partition coefficient (Wildman–Crippen LogP) is 1.73. The molecule has 1 unspecified atom stereocenters. The van der Waals surface area contributed by atoms with Gasteiger partial charge in [0.1, 0.15) is 11.0 Å². The van der Waals surface area contributed by atoms with E-state index in [1.54, 1.807) is 7.05 Å². The zero-order valence-corrected chi connectivity index (χ0v) is 12.8. The molecule has 1 atom stereocenters. The Bertz CT molecular complexity index is 530. The molecule has 0 bridgehead atoms. The molecule has 1 aliphatic heterocycles. The first-order valence-corrected chi connectivity index (χ1v) is 7.34. The van der Waals surface area contributed by atoms with E-state index in [2.05, 4.69) is 16.3 Å². The number of amides is 1. The van der Waals surface area contributed by atoms with Crippen LogP contribution in [0.3, 0.4) is 0 Å². The van der Waals surface area contributed by atoms with E-state index in [1.807, 2.05) is 19.1 Å². The number of likely N-dealkylation sites (N-methyl/N-ethyl adjacent to an activating group) is 1. The highest BCUT2D eigenvalue weighted by atomic mass is 32.1. The quantitative estimate of drug-likeness (QED) is 0.833. The molecule has 0 aliphatic carbocycles. The van der Waals surface area contributed by atoms with Crippen molar-refractivity contribution in [3.05, 3.63) is 29.3 Å². The van der Waals surface area contributed by atoms with E-state index in [4.69, 9.17) is 18.0 Å². The number of carbonyl (C=O) groups is 1. The molecule has 2 rings (SSSR count). The lowest BCUT2D eigenvalue weighted by Crippen LogP contribution is -2.48. The van der Waals surface area contributed by atoms with E-state index in [-0.39, 0.29) is 11.9 Å². The number of carbonyl (C=O) groups excluding carboxylic acids is 1. The van der Waals surface area contributed by atoms with Crippen molar-refractivity contribution in [2.24, 2.45) is 5.73 Å². The molecule has 108 valence electrons. The minimum absolute atomic E-state index is 0.0798. The third kappa shape index (κ3) is 2.93. The Morgan fingerprint density at radius 2 is 2.20 bits per heavy atom. The van der Waals surface area contributed by atoms with Gasteiger partial charge in [0, 0.05) is 24.8 Å². The van der Waals surface area contributed by atoms with Gasteiger partial charge in [-0.25, -0.2) is 0 Å². The highest BCUT2D eigenvalue weighted by Crippen LogP contribution is 2.26. The number of piperidine rings is 1. The number of hydrogen-bond donors (Lipinski definition) is 2. The number of rotatable bonds is 3. The fourth-order valence-corrected chi connectivity index (χ4v) is 3.01. The number of hydrogen-bond acceptors (Lipinski definition) is 3. The zero-order chi connectivity index (χ0) is 14.7. The van der Waals surface area contributed by atoms with Gasteiger partial charge in [0.2, 0.25) is 5.91 Å². The summed E-state index contributed by atoms with van der Waals surface area (Å²) in [6.45, 7) is 2.90. The normalized spacial score (nSPS) is 18.7. The van der Waals surface area contributed by atoms with Crippen LogP contribution >= 0.6 is 12.2 Å². The summed E-state index contributed by atoms with van der Waals surface area (Å²) >= 11 is 5.03. The highest BCUT2D eigenvalue weighted by molar-refractivity contribution is 7.80. The van der Waals surface area contributed by atoms with Crippen LogP contribution < -0.4 is 16.0 Å². The maximum absolute atomic E-state index is 12.0. The lowest BCUT2D eigenvalue weighted by molar-refractivity contribution is -0.122. The van der Waals surface area contributed by atoms with Crippen molar-refractivity contribution in [3.63, 3.8) is 0 Å². The van der Waals surface area contributed by atoms with Crippen LogP contribution in [-0.4, -0.2) is 30.5 Å². The van der Waals surface area contributed by atoms with Crippen LogP contribution in [-0.2, 0) is 4.79 Å². The molecule has 1 aromatic carbocycles. The standard InChI is InChI=1S/C15H21N3OS/c1-10-9-11(6-7-12(10)14(16)20)18-8-4-3-5-13(18)15(19)17-2/h6-7,9,13H,3-5,8H2,1-2H3,(H2,16,20)(H,17,19). The smallest absolute Gasteiger partial charge is 0.242 e. The molecule has 0 radical (unpaired) electrons. The van der Waals surface area contributed by atoms with Crippen molar-refractivity contribution in [2.45, 2.75) is 32.2 Å². The van der Waals surface area contributed by atoms with Crippen molar-refractivity contribution in [2.75, 3.05) is 18.5 Å². The van der Waals surface area contributed by atoms with Crippen LogP contribution in [0, 0.1) is 6.92 Å². The summed E-state index contributed by atoms with van der Waals surface area (Å²) in [7, 11) is 1.69. The Hall–Kier alpha value is -1.62. The summed E-state index contributed by atoms with van der Waals surface area (Å²) in [5, 5.41) is 2.76. The minimum Gasteiger partial charge on any atom is -0.389 e. The maximum Gasteiger partial charge on any atom is 0.242 e. The maximum atomic E-state index is 12.0. The number of thiocarbonyl (C=S) groups is 1. The number of nitrogens with zero attached hydrogens (tertiary/aromatic N) is 1. The molecule has 0 aromatic heterocycles. The van der Waals surface area contributed by atoms with E-state index in [0.717, 1.165) is 42.6 Å². The average molecular weight is 291 g/mol. The lowest BCUT2D eigenvalue weighted by atomic mass is 9.99. The van der Waals surface area contributed by atoms with E-state index in [9.17, 15) is 4.79 Å². The van der Waals surface area contributed by atoms with Crippen molar-refractivity contribution in [1.82, 2.24) is 5.32 Å². The van der Waals surface area contributed by atoms with E-state index < -0.39 is 0 Å². The van der Waals surface area contributed by atoms with E-state index >= 15 is 0 Å². The van der Waals surface area contributed by atoms with Gasteiger partial charge in [0.15, 0.2) is 0 Å². The van der Waals surface area contributed by atoms with Gasteiger partial charge in [-0.2, -0.15) is 0 Å². The minimum atomic E-state index is -0.0798. The first kappa shape index (κ1) is 14.8. The molecule has 1 aromatic rings. The summed E-state index contributed by atoms with van der Waals surface area (Å²) in [5.74, 6) is 0.0841. The van der Waals surface area contributed by atoms with Crippen LogP contribution in [0.25, 0.3) is 0 Å². The van der Waals surface area contributed by atoms with Crippen molar-refractivity contribution >= 4 is 28.8 Å². The Labute approximate surface area is 125 Å². The number of aryl methyl sites for hydroxylation is 1. The molecule has 1 amide bonds. The van der Waals surface area contributed by atoms with E-state index in [0.29, 0.717) is 4.99 Å². The second kappa shape index (κ2) is 6.22. The molecule has 0 saturated carbocycles. The Balaban J connectivity index is 2.31. The Morgan fingerprint density at radius 1 is 1.45 bits per heavy atom. The second-order valence-electron chi connectivity index (χ2n) is 5.18. The zero-order valence-electron chi connectivity index (χ0n) is 12.0. The molecular formula is C15H21N3OS. The summed E-state index contributed by atoms with van der Waals surface area (Å²) < 4.78 is 0. The highest BCUT2D eigenvalue weighted by Gasteiger charge is 2.28. The predicted molar refractivity (Wildman–Crippen MR) is 86.1 cm³/mol. The summed E-state index contributed by atoms with van der Waals surface area (Å²) in [5.41, 5.74) is 8.71. The van der Waals surface area contributed by atoms with Gasteiger partial charge >= 0.3 is 0 Å². The van der Waals surface area contributed by atoms with Crippen LogP contribution in [0.5, 0.6) is 0 Å². The van der Waals surface area contributed by atoms with Crippen molar-refractivity contribution in [1.29, 1.82) is 0 Å². The summed E-state index contributed by atoms with van der Waals surface area (Å²) in [6.07, 6.45) is 3.11. The Kier molecular flexibility index (Phi) is 4.60. The SMILES string of the molecule is CNC(=O)C1CCCCN1c1ccc(C(N)=S)c(C)c1. The summed E-state index contributed by atoms with van der Waals surface area (Å²) in [4.78, 5) is 14.6. The number of anilines is 1. The van der Waals surface area contributed by atoms with Gasteiger partial charge in [-0.1, -0.05) is 12.2 Å². The first-order valence-electron chi connectivity index (χ1n) is 6.93. The van der Waals surface area contributed by atoms with Gasteiger partial charge in [-0.3, -0.25) is 4.79 Å². The van der Waals surface area contributed by atoms with Crippen LogP contribution in [0.4, 0.5) is 5.69 Å². The van der Waals surface area contributed by atoms with Gasteiger partial charge in [-0.05, 0) is 49.9 Å². The Morgan fingerprint density at radius 3 is 2.80 bits per heavy atom. The van der Waals surface area contributed by atoms with Crippen LogP contribution in [0.1, 0.15) is 30.4 Å². The van der Waals surface area contributed by atoms with Gasteiger partial charge in [0.25, 0.3) is 0 Å². The lowest BCUT2D eigenvalue weighted by Gasteiger charge is -2.36. The molecule has 1 aliphatic rings.